The highest BCUT2D eigenvalue weighted by molar-refractivity contribution is 6.07. The van der Waals surface area contributed by atoms with Crippen LogP contribution in [0.4, 0.5) is 0 Å². The van der Waals surface area contributed by atoms with E-state index >= 15 is 0 Å². The van der Waals surface area contributed by atoms with Gasteiger partial charge in [0, 0.05) is 5.56 Å². The normalized spacial score (nSPS) is 10.5. The van der Waals surface area contributed by atoms with Crippen molar-refractivity contribution in [1.29, 1.82) is 0 Å². The van der Waals surface area contributed by atoms with Gasteiger partial charge in [-0.05, 0) is 42.0 Å². The molecule has 2 rings (SSSR count). The lowest BCUT2D eigenvalue weighted by molar-refractivity contribution is -0.139. The number of methoxy groups -OCH3 is 4. The van der Waals surface area contributed by atoms with E-state index in [0.29, 0.717) is 28.4 Å². The average Bonchev–Trinajstić information content (AvgIpc) is 2.74. The van der Waals surface area contributed by atoms with Crippen molar-refractivity contribution in [2.75, 3.05) is 35.0 Å². The van der Waals surface area contributed by atoms with Gasteiger partial charge in [-0.25, -0.2) is 4.79 Å². The number of rotatable bonds is 10. The Morgan fingerprint density at radius 1 is 0.862 bits per heavy atom. The molecule has 0 saturated carbocycles. The molecule has 1 N–H and O–H groups in total. The van der Waals surface area contributed by atoms with Crippen molar-refractivity contribution in [1.82, 2.24) is 0 Å². The standard InChI is InChI=1S/C21H22O8/c1-25-17-11-14(6-8-16(17)29-12-20(23)24)15(22)7-5-13-9-18(26-2)21(28-4)19(10-13)27-3/h5-11H,12H2,1-4H3,(H,23,24)/b7-5+. The highest BCUT2D eigenvalue weighted by atomic mass is 16.5. The zero-order valence-corrected chi connectivity index (χ0v) is 16.6. The lowest BCUT2D eigenvalue weighted by Gasteiger charge is -2.12. The molecular weight excluding hydrogens is 380 g/mol. The number of benzene rings is 2. The first-order chi connectivity index (χ1) is 13.9. The fourth-order valence-corrected chi connectivity index (χ4v) is 2.55. The number of ketones is 1. The van der Waals surface area contributed by atoms with Crippen molar-refractivity contribution in [3.63, 3.8) is 0 Å². The molecule has 8 nitrogen and oxygen atoms in total. The van der Waals surface area contributed by atoms with Crippen LogP contribution in [0.3, 0.4) is 0 Å². The molecule has 0 aliphatic carbocycles. The summed E-state index contributed by atoms with van der Waals surface area (Å²) >= 11 is 0. The minimum absolute atomic E-state index is 0.236. The summed E-state index contributed by atoms with van der Waals surface area (Å²) in [6, 6.07) is 7.94. The van der Waals surface area contributed by atoms with Crippen LogP contribution < -0.4 is 23.7 Å². The van der Waals surface area contributed by atoms with Gasteiger partial charge in [0.05, 0.1) is 28.4 Å². The summed E-state index contributed by atoms with van der Waals surface area (Å²) in [6.45, 7) is -0.509. The van der Waals surface area contributed by atoms with Gasteiger partial charge in [0.15, 0.2) is 35.4 Å². The molecule has 0 heterocycles. The number of aliphatic carboxylic acids is 1. The molecule has 2 aromatic rings. The van der Waals surface area contributed by atoms with Crippen LogP contribution in [0.1, 0.15) is 15.9 Å². The van der Waals surface area contributed by atoms with Crippen LogP contribution in [-0.2, 0) is 4.79 Å². The Balaban J connectivity index is 2.25. The average molecular weight is 402 g/mol. The van der Waals surface area contributed by atoms with Gasteiger partial charge in [0.2, 0.25) is 5.75 Å². The molecule has 0 unspecified atom stereocenters. The summed E-state index contributed by atoms with van der Waals surface area (Å²) in [5.41, 5.74) is 1.04. The monoisotopic (exact) mass is 402 g/mol. The SMILES string of the molecule is COc1cc(C(=O)/C=C/c2cc(OC)c(OC)c(OC)c2)ccc1OCC(=O)O. The zero-order chi connectivity index (χ0) is 21.4. The third kappa shape index (κ3) is 5.41. The third-order valence-electron chi connectivity index (χ3n) is 3.91. The number of allylic oxidation sites excluding steroid dienone is 1. The van der Waals surface area contributed by atoms with E-state index in [4.69, 9.17) is 28.8 Å². The molecule has 29 heavy (non-hydrogen) atoms. The predicted octanol–water partition coefficient (Wildman–Crippen LogP) is 3.08. The van der Waals surface area contributed by atoms with Crippen LogP contribution in [0, 0.1) is 0 Å². The second-order valence-electron chi connectivity index (χ2n) is 5.70. The first kappa shape index (κ1) is 21.6. The number of hydrogen-bond donors (Lipinski definition) is 1. The molecule has 0 atom stereocenters. The molecular formula is C21H22O8. The largest absolute Gasteiger partial charge is 0.493 e. The van der Waals surface area contributed by atoms with Crippen molar-refractivity contribution in [2.24, 2.45) is 0 Å². The van der Waals surface area contributed by atoms with Crippen LogP contribution in [-0.4, -0.2) is 51.9 Å². The fourth-order valence-electron chi connectivity index (χ4n) is 2.55. The Bertz CT molecular complexity index is 892. The van der Waals surface area contributed by atoms with E-state index in [9.17, 15) is 9.59 Å². The van der Waals surface area contributed by atoms with E-state index in [1.165, 1.54) is 52.7 Å². The smallest absolute Gasteiger partial charge is 0.341 e. The Morgan fingerprint density at radius 2 is 1.48 bits per heavy atom. The zero-order valence-electron chi connectivity index (χ0n) is 16.6. The van der Waals surface area contributed by atoms with E-state index < -0.39 is 12.6 Å². The first-order valence-corrected chi connectivity index (χ1v) is 8.48. The molecule has 0 aliphatic heterocycles. The minimum atomic E-state index is -1.11. The van der Waals surface area contributed by atoms with Crippen molar-refractivity contribution in [3.8, 4) is 28.7 Å². The van der Waals surface area contributed by atoms with E-state index in [1.54, 1.807) is 18.2 Å². The van der Waals surface area contributed by atoms with Crippen LogP contribution in [0.2, 0.25) is 0 Å². The van der Waals surface area contributed by atoms with Gasteiger partial charge in [-0.3, -0.25) is 4.79 Å². The maximum atomic E-state index is 12.5. The number of carboxylic acid groups (broad SMARTS) is 1. The Kier molecular flexibility index (Phi) is 7.47. The lowest BCUT2D eigenvalue weighted by atomic mass is 10.1. The lowest BCUT2D eigenvalue weighted by Crippen LogP contribution is -2.10. The van der Waals surface area contributed by atoms with Crippen LogP contribution >= 0.6 is 0 Å². The van der Waals surface area contributed by atoms with E-state index in [-0.39, 0.29) is 17.3 Å². The van der Waals surface area contributed by atoms with Gasteiger partial charge in [-0.1, -0.05) is 6.08 Å². The molecule has 0 aromatic heterocycles. The van der Waals surface area contributed by atoms with Crippen molar-refractivity contribution < 1.29 is 38.4 Å². The summed E-state index contributed by atoms with van der Waals surface area (Å²) < 4.78 is 26.2. The van der Waals surface area contributed by atoms with Crippen LogP contribution in [0.5, 0.6) is 28.7 Å². The minimum Gasteiger partial charge on any atom is -0.493 e. The predicted molar refractivity (Wildman–Crippen MR) is 106 cm³/mol. The first-order valence-electron chi connectivity index (χ1n) is 8.48. The summed E-state index contributed by atoms with van der Waals surface area (Å²) in [5, 5.41) is 8.71. The summed E-state index contributed by atoms with van der Waals surface area (Å²) in [5.74, 6) is 0.516. The quantitative estimate of drug-likeness (QED) is 0.478. The van der Waals surface area contributed by atoms with E-state index in [2.05, 4.69) is 0 Å². The van der Waals surface area contributed by atoms with Crippen molar-refractivity contribution in [3.05, 3.63) is 47.5 Å². The summed E-state index contributed by atoms with van der Waals surface area (Å²) in [6.07, 6.45) is 3.02. The number of carbonyl (C=O) groups is 2. The van der Waals surface area contributed by atoms with Gasteiger partial charge in [0.25, 0.3) is 0 Å². The molecule has 8 heteroatoms. The second-order valence-corrected chi connectivity index (χ2v) is 5.70. The summed E-state index contributed by atoms with van der Waals surface area (Å²) in [7, 11) is 5.94. The Hall–Kier alpha value is -3.68. The molecule has 0 aliphatic rings. The Morgan fingerprint density at radius 3 is 2.00 bits per heavy atom. The maximum absolute atomic E-state index is 12.5. The second kappa shape index (κ2) is 10.0. The van der Waals surface area contributed by atoms with Gasteiger partial charge >= 0.3 is 5.97 Å². The summed E-state index contributed by atoms with van der Waals surface area (Å²) in [4.78, 5) is 23.2. The third-order valence-corrected chi connectivity index (χ3v) is 3.91. The van der Waals surface area contributed by atoms with Gasteiger partial charge in [-0.15, -0.1) is 0 Å². The van der Waals surface area contributed by atoms with Crippen LogP contribution in [0.15, 0.2) is 36.4 Å². The van der Waals surface area contributed by atoms with Gasteiger partial charge < -0.3 is 28.8 Å². The molecule has 2 aromatic carbocycles. The molecule has 0 spiro atoms. The van der Waals surface area contributed by atoms with Crippen LogP contribution in [0.25, 0.3) is 6.08 Å². The topological polar surface area (TPSA) is 101 Å². The van der Waals surface area contributed by atoms with Crippen molar-refractivity contribution >= 4 is 17.8 Å². The molecule has 154 valence electrons. The van der Waals surface area contributed by atoms with E-state index in [0.717, 1.165) is 0 Å². The highest BCUT2D eigenvalue weighted by Crippen LogP contribution is 2.38. The van der Waals surface area contributed by atoms with Gasteiger partial charge in [0.1, 0.15) is 0 Å². The molecule has 0 bridgehead atoms. The number of ether oxygens (including phenoxy) is 5. The van der Waals surface area contributed by atoms with E-state index in [1.807, 2.05) is 0 Å². The highest BCUT2D eigenvalue weighted by Gasteiger charge is 2.13. The Labute approximate surface area is 168 Å². The molecule has 0 fully saturated rings. The van der Waals surface area contributed by atoms with Gasteiger partial charge in [-0.2, -0.15) is 0 Å². The number of carboxylic acids is 1. The number of hydrogen-bond acceptors (Lipinski definition) is 7. The molecule has 0 radical (unpaired) electrons. The fraction of sp³-hybridized carbons (Fsp3) is 0.238. The van der Waals surface area contributed by atoms with Crippen molar-refractivity contribution in [2.45, 2.75) is 0 Å². The maximum Gasteiger partial charge on any atom is 0.341 e. The molecule has 0 saturated heterocycles. The number of carbonyl (C=O) groups excluding carboxylic acids is 1. The molecule has 0 amide bonds.